The molecule has 1 aliphatic heterocycles. The zero-order valence-corrected chi connectivity index (χ0v) is 9.82. The maximum Gasteiger partial charge on any atom is 0.156 e. The molecule has 17 heavy (non-hydrogen) atoms. The minimum Gasteiger partial charge on any atom is -0.361 e. The molecule has 1 aromatic rings. The lowest BCUT2D eigenvalue weighted by Crippen LogP contribution is -2.41. The number of benzene rings is 1. The van der Waals surface area contributed by atoms with Gasteiger partial charge in [0.2, 0.25) is 0 Å². The molecule has 90 valence electrons. The Balaban J connectivity index is 2.05. The summed E-state index contributed by atoms with van der Waals surface area (Å²) in [7, 11) is 0. The first-order valence-corrected chi connectivity index (χ1v) is 5.67. The van der Waals surface area contributed by atoms with Crippen molar-refractivity contribution in [1.82, 2.24) is 4.90 Å². The molecular formula is C13H15FN2O. The lowest BCUT2D eigenvalue weighted by atomic mass is 10.1. The van der Waals surface area contributed by atoms with Crippen molar-refractivity contribution < 1.29 is 9.13 Å². The number of nitrogens with zero attached hydrogens (tertiary/aromatic N) is 2. The Kier molecular flexibility index (Phi) is 3.72. The van der Waals surface area contributed by atoms with Crippen molar-refractivity contribution in [3.05, 3.63) is 35.1 Å². The summed E-state index contributed by atoms with van der Waals surface area (Å²) in [5.41, 5.74) is 2.05. The molecule has 0 bridgehead atoms. The van der Waals surface area contributed by atoms with Gasteiger partial charge >= 0.3 is 0 Å². The van der Waals surface area contributed by atoms with Gasteiger partial charge in [-0.2, -0.15) is 5.26 Å². The van der Waals surface area contributed by atoms with Crippen LogP contribution in [0.25, 0.3) is 0 Å². The van der Waals surface area contributed by atoms with E-state index < -0.39 is 0 Å². The van der Waals surface area contributed by atoms with Crippen LogP contribution in [0, 0.1) is 24.1 Å². The van der Waals surface area contributed by atoms with E-state index in [4.69, 9.17) is 10.00 Å². The van der Waals surface area contributed by atoms with E-state index in [0.717, 1.165) is 17.7 Å². The van der Waals surface area contributed by atoms with Gasteiger partial charge in [0.05, 0.1) is 12.7 Å². The Morgan fingerprint density at radius 1 is 1.59 bits per heavy atom. The fraction of sp³-hybridized carbons (Fsp3) is 0.462. The van der Waals surface area contributed by atoms with Crippen LogP contribution in [-0.4, -0.2) is 30.7 Å². The average molecular weight is 234 g/mol. The van der Waals surface area contributed by atoms with Crippen LogP contribution >= 0.6 is 0 Å². The number of rotatable bonds is 2. The molecule has 1 saturated heterocycles. The van der Waals surface area contributed by atoms with Gasteiger partial charge in [-0.1, -0.05) is 6.07 Å². The van der Waals surface area contributed by atoms with E-state index in [2.05, 4.69) is 11.0 Å². The highest BCUT2D eigenvalue weighted by Crippen LogP contribution is 2.15. The number of ether oxygens (including phenoxy) is 1. The van der Waals surface area contributed by atoms with Crippen LogP contribution in [0.5, 0.6) is 0 Å². The molecule has 1 atom stereocenters. The Morgan fingerprint density at radius 2 is 2.41 bits per heavy atom. The highest BCUT2D eigenvalue weighted by atomic mass is 19.1. The second-order valence-electron chi connectivity index (χ2n) is 4.29. The number of hydrogen-bond donors (Lipinski definition) is 0. The molecule has 4 heteroatoms. The molecule has 0 spiro atoms. The van der Waals surface area contributed by atoms with Gasteiger partial charge in [-0.3, -0.25) is 4.90 Å². The molecule has 0 saturated carbocycles. The van der Waals surface area contributed by atoms with Crippen molar-refractivity contribution in [2.45, 2.75) is 19.6 Å². The molecule has 3 nitrogen and oxygen atoms in total. The summed E-state index contributed by atoms with van der Waals surface area (Å²) in [6.07, 6.45) is -0.363. The van der Waals surface area contributed by atoms with Crippen molar-refractivity contribution >= 4 is 0 Å². The maximum atomic E-state index is 13.1. The minimum atomic E-state index is -0.363. The van der Waals surface area contributed by atoms with E-state index in [1.807, 2.05) is 6.92 Å². The SMILES string of the molecule is Cc1ccc(F)cc1CN1CCOC(C#N)C1. The van der Waals surface area contributed by atoms with Crippen LogP contribution in [0.1, 0.15) is 11.1 Å². The van der Waals surface area contributed by atoms with E-state index in [1.165, 1.54) is 6.07 Å². The lowest BCUT2D eigenvalue weighted by Gasteiger charge is -2.30. The van der Waals surface area contributed by atoms with Crippen LogP contribution in [-0.2, 0) is 11.3 Å². The summed E-state index contributed by atoms with van der Waals surface area (Å²) in [4.78, 5) is 2.12. The average Bonchev–Trinajstić information content (AvgIpc) is 2.34. The van der Waals surface area contributed by atoms with Crippen LogP contribution in [0.4, 0.5) is 4.39 Å². The van der Waals surface area contributed by atoms with E-state index in [0.29, 0.717) is 19.7 Å². The van der Waals surface area contributed by atoms with Crippen molar-refractivity contribution in [3.63, 3.8) is 0 Å². The van der Waals surface area contributed by atoms with Crippen LogP contribution in [0.15, 0.2) is 18.2 Å². The summed E-state index contributed by atoms with van der Waals surface area (Å²) < 4.78 is 18.4. The van der Waals surface area contributed by atoms with E-state index in [9.17, 15) is 4.39 Å². The first-order chi connectivity index (χ1) is 8.19. The molecular weight excluding hydrogens is 219 g/mol. The van der Waals surface area contributed by atoms with E-state index >= 15 is 0 Å². The third kappa shape index (κ3) is 3.02. The van der Waals surface area contributed by atoms with Crippen LogP contribution < -0.4 is 0 Å². The second-order valence-corrected chi connectivity index (χ2v) is 4.29. The summed E-state index contributed by atoms with van der Waals surface area (Å²) in [5, 5.41) is 8.81. The predicted octanol–water partition coefficient (Wildman–Crippen LogP) is 1.86. The minimum absolute atomic E-state index is 0.212. The predicted molar refractivity (Wildman–Crippen MR) is 61.8 cm³/mol. The van der Waals surface area contributed by atoms with Gasteiger partial charge in [-0.25, -0.2) is 4.39 Å². The fourth-order valence-corrected chi connectivity index (χ4v) is 1.98. The first kappa shape index (κ1) is 12.0. The molecule has 0 amide bonds. The Morgan fingerprint density at radius 3 is 3.18 bits per heavy atom. The highest BCUT2D eigenvalue weighted by molar-refractivity contribution is 5.26. The van der Waals surface area contributed by atoms with Gasteiger partial charge in [-0.15, -0.1) is 0 Å². The molecule has 2 rings (SSSR count). The molecule has 0 N–H and O–H groups in total. The summed E-state index contributed by atoms with van der Waals surface area (Å²) in [6.45, 7) is 4.58. The largest absolute Gasteiger partial charge is 0.361 e. The van der Waals surface area contributed by atoms with Gasteiger partial charge in [-0.05, 0) is 30.2 Å². The Bertz CT molecular complexity index is 442. The van der Waals surface area contributed by atoms with Crippen molar-refractivity contribution in [1.29, 1.82) is 5.26 Å². The van der Waals surface area contributed by atoms with E-state index in [1.54, 1.807) is 12.1 Å². The molecule has 0 aromatic heterocycles. The standard InChI is InChI=1S/C13H15FN2O/c1-10-2-3-12(14)6-11(10)8-16-4-5-17-13(7-15)9-16/h2-3,6,13H,4-5,8-9H2,1H3. The number of nitriles is 1. The zero-order chi connectivity index (χ0) is 12.3. The monoisotopic (exact) mass is 234 g/mol. The third-order valence-corrected chi connectivity index (χ3v) is 3.00. The molecule has 1 aliphatic rings. The fourth-order valence-electron chi connectivity index (χ4n) is 1.98. The molecule has 0 radical (unpaired) electrons. The van der Waals surface area contributed by atoms with Crippen LogP contribution in [0.3, 0.4) is 0 Å². The van der Waals surface area contributed by atoms with Gasteiger partial charge in [0, 0.05) is 19.6 Å². The van der Waals surface area contributed by atoms with Gasteiger partial charge in [0.1, 0.15) is 5.82 Å². The maximum absolute atomic E-state index is 13.1. The van der Waals surface area contributed by atoms with Gasteiger partial charge in [0.15, 0.2) is 6.10 Å². The Labute approximate surface area is 100 Å². The number of morpholine rings is 1. The first-order valence-electron chi connectivity index (χ1n) is 5.67. The van der Waals surface area contributed by atoms with Crippen molar-refractivity contribution in [2.24, 2.45) is 0 Å². The summed E-state index contributed by atoms with van der Waals surface area (Å²) >= 11 is 0. The molecule has 1 aromatic carbocycles. The van der Waals surface area contributed by atoms with Gasteiger partial charge < -0.3 is 4.74 Å². The third-order valence-electron chi connectivity index (χ3n) is 3.00. The van der Waals surface area contributed by atoms with Crippen molar-refractivity contribution in [2.75, 3.05) is 19.7 Å². The molecule has 1 fully saturated rings. The lowest BCUT2D eigenvalue weighted by molar-refractivity contribution is -0.00277. The molecule has 0 aliphatic carbocycles. The highest BCUT2D eigenvalue weighted by Gasteiger charge is 2.20. The summed E-state index contributed by atoms with van der Waals surface area (Å²) in [5.74, 6) is -0.212. The quantitative estimate of drug-likeness (QED) is 0.783. The Hall–Kier alpha value is -1.44. The van der Waals surface area contributed by atoms with Gasteiger partial charge in [0.25, 0.3) is 0 Å². The molecule has 1 unspecified atom stereocenters. The van der Waals surface area contributed by atoms with E-state index in [-0.39, 0.29) is 11.9 Å². The van der Waals surface area contributed by atoms with Crippen LogP contribution in [0.2, 0.25) is 0 Å². The number of hydrogen-bond acceptors (Lipinski definition) is 3. The molecule has 1 heterocycles. The normalized spacial score (nSPS) is 21.1. The van der Waals surface area contributed by atoms with Crippen molar-refractivity contribution in [3.8, 4) is 6.07 Å². The topological polar surface area (TPSA) is 36.3 Å². The zero-order valence-electron chi connectivity index (χ0n) is 9.82. The smallest absolute Gasteiger partial charge is 0.156 e. The number of aryl methyl sites for hydroxylation is 1. The summed E-state index contributed by atoms with van der Waals surface area (Å²) in [6, 6.07) is 6.92. The number of halogens is 1. The second kappa shape index (κ2) is 5.26.